The first-order valence-corrected chi connectivity index (χ1v) is 10.6. The second-order valence-corrected chi connectivity index (χ2v) is 10.3. The molecule has 0 bridgehead atoms. The van der Waals surface area contributed by atoms with Crippen LogP contribution in [0.4, 0.5) is 5.82 Å². The molecule has 0 fully saturated rings. The predicted octanol–water partition coefficient (Wildman–Crippen LogP) is 3.25. The van der Waals surface area contributed by atoms with Gasteiger partial charge in [0.15, 0.2) is 17.0 Å². The number of hydrogen-bond donors (Lipinski definition) is 0. The zero-order chi connectivity index (χ0) is 17.7. The predicted molar refractivity (Wildman–Crippen MR) is 96.4 cm³/mol. The number of rotatable bonds is 8. The van der Waals surface area contributed by atoms with Crippen molar-refractivity contribution in [2.75, 3.05) is 20.4 Å². The van der Waals surface area contributed by atoms with Crippen molar-refractivity contribution in [3.05, 3.63) is 25.3 Å². The number of imidazole rings is 1. The van der Waals surface area contributed by atoms with E-state index < -0.39 is 12.0 Å². The molecule has 0 saturated heterocycles. The van der Waals surface area contributed by atoms with Crippen LogP contribution in [0.25, 0.3) is 11.2 Å². The number of ether oxygens (including phenoxy) is 1. The summed E-state index contributed by atoms with van der Waals surface area (Å²) in [6.07, 6.45) is 5.52. The van der Waals surface area contributed by atoms with E-state index in [-0.39, 0.29) is 6.35 Å². The van der Waals surface area contributed by atoms with Crippen molar-refractivity contribution < 1.29 is 9.30 Å². The van der Waals surface area contributed by atoms with Crippen LogP contribution in [0.5, 0.6) is 0 Å². The average Bonchev–Trinajstić information content (AvgIpc) is 2.92. The highest BCUT2D eigenvalue weighted by Gasteiger charge is 2.18. The SMILES string of the molecule is C=C[C@H](Cn1cnc2c(/N=C\N(C)C)ncnc21)OCP(=O)(Cl)Cl. The minimum absolute atomic E-state index is 0.257. The molecule has 0 amide bonds. The summed E-state index contributed by atoms with van der Waals surface area (Å²) in [5, 5.41) is 0. The van der Waals surface area contributed by atoms with Gasteiger partial charge in [0.1, 0.15) is 12.7 Å². The fourth-order valence-electron chi connectivity index (χ4n) is 1.84. The second kappa shape index (κ2) is 8.07. The molecule has 2 aromatic rings. The van der Waals surface area contributed by atoms with Gasteiger partial charge in [-0.05, 0) is 22.5 Å². The molecule has 0 aliphatic carbocycles. The topological polar surface area (TPSA) is 85.5 Å². The molecule has 0 spiro atoms. The molecule has 0 N–H and O–H groups in total. The Morgan fingerprint density at radius 2 is 2.21 bits per heavy atom. The van der Waals surface area contributed by atoms with E-state index in [1.165, 1.54) is 6.33 Å². The summed E-state index contributed by atoms with van der Waals surface area (Å²) in [4.78, 5) is 18.7. The lowest BCUT2D eigenvalue weighted by molar-refractivity contribution is 0.110. The summed E-state index contributed by atoms with van der Waals surface area (Å²) in [5.74, 6) is -2.83. The van der Waals surface area contributed by atoms with E-state index in [2.05, 4.69) is 26.5 Å². The van der Waals surface area contributed by atoms with Crippen LogP contribution in [0.2, 0.25) is 0 Å². The molecule has 24 heavy (non-hydrogen) atoms. The number of hydrogen-bond acceptors (Lipinski definition) is 6. The molecule has 0 saturated carbocycles. The number of aliphatic imine (C=N–C) groups is 1. The first kappa shape index (κ1) is 18.9. The lowest BCUT2D eigenvalue weighted by Crippen LogP contribution is -2.17. The summed E-state index contributed by atoms with van der Waals surface area (Å²) < 4.78 is 18.5. The summed E-state index contributed by atoms with van der Waals surface area (Å²) in [7, 11) is 3.72. The first-order valence-electron chi connectivity index (χ1n) is 6.89. The van der Waals surface area contributed by atoms with Crippen LogP contribution >= 0.6 is 28.3 Å². The monoisotopic (exact) mass is 390 g/mol. The molecule has 0 aliphatic heterocycles. The van der Waals surface area contributed by atoms with E-state index in [1.54, 1.807) is 28.2 Å². The molecule has 0 unspecified atom stereocenters. The van der Waals surface area contributed by atoms with E-state index >= 15 is 0 Å². The van der Waals surface area contributed by atoms with Gasteiger partial charge in [0.2, 0.25) is 0 Å². The average molecular weight is 391 g/mol. The maximum atomic E-state index is 11.3. The summed E-state index contributed by atoms with van der Waals surface area (Å²) in [6.45, 7) is 4.06. The first-order chi connectivity index (χ1) is 11.3. The molecule has 130 valence electrons. The van der Waals surface area contributed by atoms with Crippen LogP contribution in [0.3, 0.4) is 0 Å². The summed E-state index contributed by atoms with van der Waals surface area (Å²) in [6, 6.07) is 0. The Morgan fingerprint density at radius 3 is 2.83 bits per heavy atom. The number of aromatic nitrogens is 4. The minimum atomic E-state index is -3.30. The van der Waals surface area contributed by atoms with Crippen LogP contribution < -0.4 is 0 Å². The molecule has 1 atom stereocenters. The smallest absolute Gasteiger partial charge is 0.277 e. The van der Waals surface area contributed by atoms with Gasteiger partial charge in [0.05, 0.1) is 25.3 Å². The molecule has 2 rings (SSSR count). The van der Waals surface area contributed by atoms with Gasteiger partial charge in [-0.1, -0.05) is 6.08 Å². The lowest BCUT2D eigenvalue weighted by atomic mass is 10.3. The van der Waals surface area contributed by atoms with Gasteiger partial charge < -0.3 is 14.2 Å². The van der Waals surface area contributed by atoms with Crippen molar-refractivity contribution in [1.82, 2.24) is 24.4 Å². The number of nitrogens with zero attached hydrogens (tertiary/aromatic N) is 6. The van der Waals surface area contributed by atoms with Gasteiger partial charge in [0, 0.05) is 14.1 Å². The zero-order valence-electron chi connectivity index (χ0n) is 13.2. The molecular formula is C13H17Cl2N6O2P. The van der Waals surface area contributed by atoms with E-state index in [9.17, 15) is 4.57 Å². The quantitative estimate of drug-likeness (QED) is 0.297. The zero-order valence-corrected chi connectivity index (χ0v) is 15.6. The molecular weight excluding hydrogens is 374 g/mol. The van der Waals surface area contributed by atoms with E-state index in [0.29, 0.717) is 23.5 Å². The van der Waals surface area contributed by atoms with Crippen molar-refractivity contribution in [1.29, 1.82) is 0 Å². The number of fused-ring (bicyclic) bond motifs is 1. The molecule has 2 aromatic heterocycles. The van der Waals surface area contributed by atoms with E-state index in [0.717, 1.165) is 0 Å². The Balaban J connectivity index is 2.22. The molecule has 0 aliphatic rings. The van der Waals surface area contributed by atoms with Crippen LogP contribution in [0.1, 0.15) is 0 Å². The molecule has 0 radical (unpaired) electrons. The Labute approximate surface area is 149 Å². The van der Waals surface area contributed by atoms with E-state index in [1.807, 2.05) is 14.1 Å². The Hall–Kier alpha value is -1.47. The summed E-state index contributed by atoms with van der Waals surface area (Å²) in [5.41, 5.74) is 1.17. The largest absolute Gasteiger partial charge is 0.369 e. The molecule has 11 heteroatoms. The van der Waals surface area contributed by atoms with Crippen molar-refractivity contribution in [2.45, 2.75) is 12.6 Å². The summed E-state index contributed by atoms with van der Waals surface area (Å²) >= 11 is 11.0. The Morgan fingerprint density at radius 1 is 1.46 bits per heavy atom. The maximum Gasteiger partial charge on any atom is 0.277 e. The second-order valence-electron chi connectivity index (χ2n) is 5.11. The highest BCUT2D eigenvalue weighted by molar-refractivity contribution is 8.08. The highest BCUT2D eigenvalue weighted by Crippen LogP contribution is 2.56. The number of halogens is 2. The normalized spacial score (nSPS) is 13.5. The standard InChI is InChI=1S/C13H17Cl2N6O2P/c1-4-10(23-9-24(14,15)22)5-21-8-18-11-12(19-7-20(2)3)16-6-17-13(11)21/h4,6-8,10H,1,5,9H2,2-3H3/b19-7-/t10-/m1/s1. The fourth-order valence-corrected chi connectivity index (χ4v) is 2.54. The van der Waals surface area contributed by atoms with Gasteiger partial charge in [-0.3, -0.25) is 4.57 Å². The fraction of sp³-hybridized carbons (Fsp3) is 0.385. The van der Waals surface area contributed by atoms with Crippen molar-refractivity contribution in [3.8, 4) is 0 Å². The third-order valence-corrected chi connectivity index (χ3v) is 3.91. The third kappa shape index (κ3) is 5.27. The van der Waals surface area contributed by atoms with Crippen molar-refractivity contribution >= 4 is 51.6 Å². The van der Waals surface area contributed by atoms with Gasteiger partial charge in [-0.2, -0.15) is 0 Å². The Bertz CT molecular complexity index is 788. The lowest BCUT2D eigenvalue weighted by Gasteiger charge is -2.15. The Kier molecular flexibility index (Phi) is 6.34. The van der Waals surface area contributed by atoms with Gasteiger partial charge in [-0.15, -0.1) is 6.58 Å². The van der Waals surface area contributed by atoms with Crippen molar-refractivity contribution in [2.24, 2.45) is 4.99 Å². The van der Waals surface area contributed by atoms with E-state index in [4.69, 9.17) is 27.2 Å². The van der Waals surface area contributed by atoms with Gasteiger partial charge in [-0.25, -0.2) is 19.9 Å². The molecule has 0 aromatic carbocycles. The molecule has 2 heterocycles. The van der Waals surface area contributed by atoms with Gasteiger partial charge >= 0.3 is 0 Å². The van der Waals surface area contributed by atoms with Crippen molar-refractivity contribution in [3.63, 3.8) is 0 Å². The van der Waals surface area contributed by atoms with Gasteiger partial charge in [0.25, 0.3) is 5.85 Å². The van der Waals surface area contributed by atoms with Crippen LogP contribution in [-0.2, 0) is 15.8 Å². The minimum Gasteiger partial charge on any atom is -0.369 e. The van der Waals surface area contributed by atoms with Crippen LogP contribution in [0.15, 0.2) is 30.3 Å². The highest BCUT2D eigenvalue weighted by atomic mass is 35.9. The third-order valence-electron chi connectivity index (χ3n) is 2.87. The van der Waals surface area contributed by atoms with Crippen LogP contribution in [0, 0.1) is 0 Å². The maximum absolute atomic E-state index is 11.3. The molecule has 8 nitrogen and oxygen atoms in total. The van der Waals surface area contributed by atoms with Crippen LogP contribution in [-0.4, -0.2) is 57.3 Å².